The molecule has 0 spiro atoms. The molecule has 5 nitrogen and oxygen atoms in total. The Kier molecular flexibility index (Phi) is 4.90. The zero-order valence-corrected chi connectivity index (χ0v) is 16.4. The molecule has 0 atom stereocenters. The number of amides is 2. The average Bonchev–Trinajstić information content (AvgIpc) is 3.30. The lowest BCUT2D eigenvalue weighted by atomic mass is 10.1. The van der Waals surface area contributed by atoms with Crippen LogP contribution in [0.1, 0.15) is 4.88 Å². The van der Waals surface area contributed by atoms with Gasteiger partial charge in [-0.3, -0.25) is 9.59 Å². The highest BCUT2D eigenvalue weighted by Gasteiger charge is 2.40. The first kappa shape index (κ1) is 18.3. The van der Waals surface area contributed by atoms with Gasteiger partial charge in [0.05, 0.1) is 24.1 Å². The van der Waals surface area contributed by atoms with Gasteiger partial charge in [-0.05, 0) is 41.8 Å². The third kappa shape index (κ3) is 3.17. The molecular weight excluding hydrogens is 396 g/mol. The highest BCUT2D eigenvalue weighted by atomic mass is 35.5. The monoisotopic (exact) mass is 410 g/mol. The van der Waals surface area contributed by atoms with Crippen molar-refractivity contribution in [3.05, 3.63) is 81.6 Å². The Labute approximate surface area is 170 Å². The van der Waals surface area contributed by atoms with E-state index >= 15 is 0 Å². The third-order valence-corrected chi connectivity index (χ3v) is 5.41. The van der Waals surface area contributed by atoms with E-state index in [0.717, 1.165) is 0 Å². The molecule has 0 saturated heterocycles. The molecule has 0 radical (unpaired) electrons. The van der Waals surface area contributed by atoms with Crippen molar-refractivity contribution in [2.24, 2.45) is 0 Å². The van der Waals surface area contributed by atoms with Crippen LogP contribution in [0.25, 0.3) is 5.57 Å². The second kappa shape index (κ2) is 7.50. The fourth-order valence-corrected chi connectivity index (χ4v) is 3.96. The van der Waals surface area contributed by atoms with Gasteiger partial charge in [0.25, 0.3) is 11.8 Å². The number of nitrogens with one attached hydrogen (secondary N) is 1. The summed E-state index contributed by atoms with van der Waals surface area (Å²) in [6, 6.07) is 17.6. The second-order valence-electron chi connectivity index (χ2n) is 5.98. The molecule has 0 unspecified atom stereocenters. The van der Waals surface area contributed by atoms with Gasteiger partial charge in [-0.25, -0.2) is 4.90 Å². The quantitative estimate of drug-likeness (QED) is 0.613. The normalized spacial score (nSPS) is 14.0. The highest BCUT2D eigenvalue weighted by molar-refractivity contribution is 7.11. The summed E-state index contributed by atoms with van der Waals surface area (Å²) in [6.07, 6.45) is 0. The highest BCUT2D eigenvalue weighted by Crippen LogP contribution is 2.37. The molecular formula is C21H15ClN2O3S. The Morgan fingerprint density at radius 3 is 2.46 bits per heavy atom. The Balaban J connectivity index is 1.83. The molecule has 140 valence electrons. The maximum Gasteiger partial charge on any atom is 0.282 e. The number of nitrogens with zero attached hydrogens (tertiary/aromatic N) is 1. The SMILES string of the molecule is COc1ccc(Cl)cc1NC1=C(c2cccs2)C(=O)N(c2ccccc2)C1=O. The van der Waals surface area contributed by atoms with Crippen LogP contribution >= 0.6 is 22.9 Å². The number of thiophene rings is 1. The molecule has 3 aromatic rings. The van der Waals surface area contributed by atoms with Gasteiger partial charge in [0.15, 0.2) is 0 Å². The molecule has 2 amide bonds. The van der Waals surface area contributed by atoms with Crippen LogP contribution in [0, 0.1) is 0 Å². The number of anilines is 2. The van der Waals surface area contributed by atoms with Gasteiger partial charge in [-0.1, -0.05) is 35.9 Å². The topological polar surface area (TPSA) is 58.6 Å². The van der Waals surface area contributed by atoms with Crippen molar-refractivity contribution >= 4 is 51.7 Å². The lowest BCUT2D eigenvalue weighted by molar-refractivity contribution is -0.120. The minimum atomic E-state index is -0.429. The molecule has 2 heterocycles. The number of rotatable bonds is 5. The largest absolute Gasteiger partial charge is 0.495 e. The van der Waals surface area contributed by atoms with Crippen LogP contribution in [0.15, 0.2) is 71.7 Å². The third-order valence-electron chi connectivity index (χ3n) is 4.29. The molecule has 2 aromatic carbocycles. The number of hydrogen-bond acceptors (Lipinski definition) is 5. The van der Waals surface area contributed by atoms with Crippen LogP contribution in [-0.4, -0.2) is 18.9 Å². The summed E-state index contributed by atoms with van der Waals surface area (Å²) in [5.74, 6) is -0.287. The predicted molar refractivity (Wildman–Crippen MR) is 112 cm³/mol. The molecule has 0 fully saturated rings. The Morgan fingerprint density at radius 1 is 1.00 bits per heavy atom. The van der Waals surface area contributed by atoms with Crippen LogP contribution in [0.4, 0.5) is 11.4 Å². The molecule has 1 aliphatic heterocycles. The van der Waals surface area contributed by atoms with Crippen molar-refractivity contribution < 1.29 is 14.3 Å². The van der Waals surface area contributed by atoms with Gasteiger partial charge in [0.2, 0.25) is 0 Å². The number of hydrogen-bond donors (Lipinski definition) is 1. The Bertz CT molecular complexity index is 1080. The van der Waals surface area contributed by atoms with E-state index in [4.69, 9.17) is 16.3 Å². The van der Waals surface area contributed by atoms with Gasteiger partial charge >= 0.3 is 0 Å². The maximum atomic E-state index is 13.2. The fourth-order valence-electron chi connectivity index (χ4n) is 3.02. The van der Waals surface area contributed by atoms with E-state index in [-0.39, 0.29) is 11.6 Å². The number of halogens is 1. The molecule has 0 bridgehead atoms. The molecule has 1 N–H and O–H groups in total. The van der Waals surface area contributed by atoms with Crippen LogP contribution in [-0.2, 0) is 9.59 Å². The van der Waals surface area contributed by atoms with Crippen LogP contribution < -0.4 is 15.0 Å². The summed E-state index contributed by atoms with van der Waals surface area (Å²) in [6.45, 7) is 0. The summed E-state index contributed by atoms with van der Waals surface area (Å²) < 4.78 is 5.36. The number of benzene rings is 2. The van der Waals surface area contributed by atoms with Crippen LogP contribution in [0.3, 0.4) is 0 Å². The summed E-state index contributed by atoms with van der Waals surface area (Å²) >= 11 is 7.51. The smallest absolute Gasteiger partial charge is 0.282 e. The molecule has 0 saturated carbocycles. The number of methoxy groups -OCH3 is 1. The molecule has 1 aliphatic rings. The van der Waals surface area contributed by atoms with Gasteiger partial charge in [-0.15, -0.1) is 11.3 Å². The minimum Gasteiger partial charge on any atom is -0.495 e. The lowest BCUT2D eigenvalue weighted by Gasteiger charge is -2.16. The summed E-state index contributed by atoms with van der Waals surface area (Å²) in [4.78, 5) is 28.3. The first-order valence-electron chi connectivity index (χ1n) is 8.42. The van der Waals surface area contributed by atoms with Crippen molar-refractivity contribution in [1.82, 2.24) is 0 Å². The van der Waals surface area contributed by atoms with Gasteiger partial charge in [0, 0.05) is 9.90 Å². The Morgan fingerprint density at radius 2 is 1.79 bits per heavy atom. The van der Waals surface area contributed by atoms with Crippen molar-refractivity contribution in [2.45, 2.75) is 0 Å². The van der Waals surface area contributed by atoms with E-state index in [1.54, 1.807) is 42.5 Å². The fraction of sp³-hybridized carbons (Fsp3) is 0.0476. The van der Waals surface area contributed by atoms with E-state index in [1.165, 1.54) is 23.3 Å². The first-order valence-corrected chi connectivity index (χ1v) is 9.68. The number of ether oxygens (including phenoxy) is 1. The maximum absolute atomic E-state index is 13.2. The predicted octanol–water partition coefficient (Wildman–Crippen LogP) is 4.81. The summed E-state index contributed by atoms with van der Waals surface area (Å²) in [7, 11) is 1.53. The van der Waals surface area contributed by atoms with Gasteiger partial charge < -0.3 is 10.1 Å². The number of carbonyl (C=O) groups excluding carboxylic acids is 2. The van der Waals surface area contributed by atoms with Crippen molar-refractivity contribution in [3.63, 3.8) is 0 Å². The van der Waals surface area contributed by atoms with E-state index in [1.807, 2.05) is 23.6 Å². The average molecular weight is 411 g/mol. The van der Waals surface area contributed by atoms with Crippen LogP contribution in [0.5, 0.6) is 5.75 Å². The molecule has 7 heteroatoms. The number of para-hydroxylation sites is 1. The number of carbonyl (C=O) groups is 2. The molecule has 1 aromatic heterocycles. The van der Waals surface area contributed by atoms with E-state index < -0.39 is 5.91 Å². The molecule has 0 aliphatic carbocycles. The zero-order valence-electron chi connectivity index (χ0n) is 14.8. The minimum absolute atomic E-state index is 0.192. The second-order valence-corrected chi connectivity index (χ2v) is 7.36. The van der Waals surface area contributed by atoms with E-state index in [2.05, 4.69) is 5.32 Å². The van der Waals surface area contributed by atoms with E-state index in [0.29, 0.717) is 32.6 Å². The van der Waals surface area contributed by atoms with E-state index in [9.17, 15) is 9.59 Å². The molecule has 28 heavy (non-hydrogen) atoms. The lowest BCUT2D eigenvalue weighted by Crippen LogP contribution is -2.32. The van der Waals surface area contributed by atoms with Crippen molar-refractivity contribution in [2.75, 3.05) is 17.3 Å². The van der Waals surface area contributed by atoms with Gasteiger partial charge in [-0.2, -0.15) is 0 Å². The van der Waals surface area contributed by atoms with Gasteiger partial charge in [0.1, 0.15) is 11.4 Å². The van der Waals surface area contributed by atoms with Crippen LogP contribution in [0.2, 0.25) is 5.02 Å². The van der Waals surface area contributed by atoms with Crippen molar-refractivity contribution in [1.29, 1.82) is 0 Å². The summed E-state index contributed by atoms with van der Waals surface area (Å²) in [5.41, 5.74) is 1.54. The standard InChI is InChI=1S/C21H15ClN2O3S/c1-27-16-10-9-13(22)12-15(16)23-19-18(17-8-5-11-28-17)20(25)24(21(19)26)14-6-3-2-4-7-14/h2-12,23H,1H3. The number of imide groups is 1. The Hall–Kier alpha value is -3.09. The summed E-state index contributed by atoms with van der Waals surface area (Å²) in [5, 5.41) is 5.43. The molecule has 4 rings (SSSR count). The zero-order chi connectivity index (χ0) is 19.7. The first-order chi connectivity index (χ1) is 13.6. The van der Waals surface area contributed by atoms with Crippen molar-refractivity contribution in [3.8, 4) is 5.75 Å².